The quantitative estimate of drug-likeness (QED) is 0.197. The number of nitrogens with two attached hydrogens (primary N) is 1. The summed E-state index contributed by atoms with van der Waals surface area (Å²) in [6.07, 6.45) is -2.78. The topological polar surface area (TPSA) is 140 Å². The van der Waals surface area contributed by atoms with Crippen molar-refractivity contribution in [3.63, 3.8) is 0 Å². The minimum atomic E-state index is -4.58. The van der Waals surface area contributed by atoms with Gasteiger partial charge in [0, 0.05) is 43.7 Å². The van der Waals surface area contributed by atoms with Crippen LogP contribution >= 0.6 is 0 Å². The van der Waals surface area contributed by atoms with Crippen molar-refractivity contribution in [3.05, 3.63) is 71.3 Å². The van der Waals surface area contributed by atoms with Gasteiger partial charge in [-0.1, -0.05) is 6.07 Å². The molecule has 43 heavy (non-hydrogen) atoms. The third-order valence-electron chi connectivity index (χ3n) is 6.40. The van der Waals surface area contributed by atoms with Crippen LogP contribution in [-0.2, 0) is 28.9 Å². The molecule has 0 fully saturated rings. The van der Waals surface area contributed by atoms with E-state index in [9.17, 15) is 23.2 Å². The maximum absolute atomic E-state index is 15.4. The first-order valence-corrected chi connectivity index (χ1v) is 12.5. The standard InChI is InChI=1S/C27H24F6N8O2/c1-25(2,14-34)24-39-38-23(43-24)18-6-21(19(7-20(18)28)26(29,30)8-17(35)13-42)40(3)11-15-4-5-22(36-9-15)41-12-16(10-37-41)27(31,32)33/h4-7,9-10,12-13,17H,8,11,35H2,1-3H3. The highest BCUT2D eigenvalue weighted by Gasteiger charge is 2.39. The Bertz CT molecular complexity index is 1660. The minimum Gasteiger partial charge on any atom is -0.419 e. The van der Waals surface area contributed by atoms with Crippen molar-refractivity contribution in [2.75, 3.05) is 11.9 Å². The van der Waals surface area contributed by atoms with Crippen molar-refractivity contribution in [3.8, 4) is 23.3 Å². The van der Waals surface area contributed by atoms with E-state index >= 15 is 13.2 Å². The summed E-state index contributed by atoms with van der Waals surface area (Å²) in [6, 6.07) is 5.01. The summed E-state index contributed by atoms with van der Waals surface area (Å²) in [5.41, 5.74) is 2.48. The van der Waals surface area contributed by atoms with E-state index in [4.69, 9.17) is 10.2 Å². The molecule has 0 saturated carbocycles. The molecule has 0 bridgehead atoms. The van der Waals surface area contributed by atoms with Crippen molar-refractivity contribution < 1.29 is 35.6 Å². The summed E-state index contributed by atoms with van der Waals surface area (Å²) in [5.74, 6) is -5.26. The molecule has 1 unspecified atom stereocenters. The first-order chi connectivity index (χ1) is 20.1. The Morgan fingerprint density at radius 1 is 1.16 bits per heavy atom. The number of rotatable bonds is 10. The number of hydrogen-bond acceptors (Lipinski definition) is 9. The van der Waals surface area contributed by atoms with E-state index < -0.39 is 46.9 Å². The van der Waals surface area contributed by atoms with Crippen molar-refractivity contribution >= 4 is 12.0 Å². The Balaban J connectivity index is 1.71. The van der Waals surface area contributed by atoms with E-state index in [2.05, 4.69) is 20.3 Å². The predicted octanol–water partition coefficient (Wildman–Crippen LogP) is 4.92. The largest absolute Gasteiger partial charge is 0.419 e. The second-order valence-electron chi connectivity index (χ2n) is 10.3. The summed E-state index contributed by atoms with van der Waals surface area (Å²) in [4.78, 5) is 16.5. The maximum atomic E-state index is 15.4. The molecular weight excluding hydrogens is 582 g/mol. The van der Waals surface area contributed by atoms with Gasteiger partial charge in [-0.3, -0.25) is 0 Å². The first kappa shape index (κ1) is 31.2. The van der Waals surface area contributed by atoms with Gasteiger partial charge in [-0.25, -0.2) is 22.8 Å². The van der Waals surface area contributed by atoms with Gasteiger partial charge in [-0.05, 0) is 37.6 Å². The van der Waals surface area contributed by atoms with E-state index in [1.54, 1.807) is 0 Å². The number of halogens is 6. The van der Waals surface area contributed by atoms with Crippen LogP contribution in [0.1, 0.15) is 42.8 Å². The normalized spacial score (nSPS) is 13.0. The molecule has 226 valence electrons. The lowest BCUT2D eigenvalue weighted by Gasteiger charge is -2.28. The van der Waals surface area contributed by atoms with Crippen LogP contribution < -0.4 is 10.6 Å². The summed E-state index contributed by atoms with van der Waals surface area (Å²) in [6.45, 7) is 2.94. The number of hydrogen-bond donors (Lipinski definition) is 1. The van der Waals surface area contributed by atoms with Crippen molar-refractivity contribution in [1.29, 1.82) is 5.26 Å². The molecule has 4 aromatic rings. The van der Waals surface area contributed by atoms with E-state index in [0.717, 1.165) is 16.9 Å². The van der Waals surface area contributed by atoms with Gasteiger partial charge in [0.15, 0.2) is 5.82 Å². The number of nitriles is 1. The molecule has 4 rings (SSSR count). The molecular formula is C27H24F6N8O2. The van der Waals surface area contributed by atoms with Gasteiger partial charge in [0.05, 0.1) is 29.4 Å². The van der Waals surface area contributed by atoms with Crippen LogP contribution in [0.25, 0.3) is 17.3 Å². The third-order valence-corrected chi connectivity index (χ3v) is 6.40. The summed E-state index contributed by atoms with van der Waals surface area (Å²) < 4.78 is 91.2. The highest BCUT2D eigenvalue weighted by molar-refractivity contribution is 5.68. The second kappa shape index (κ2) is 11.5. The van der Waals surface area contributed by atoms with Crippen LogP contribution in [0.5, 0.6) is 0 Å². The fourth-order valence-corrected chi connectivity index (χ4v) is 4.02. The Hall–Kier alpha value is -4.78. The number of pyridine rings is 1. The SMILES string of the molecule is CN(Cc1ccc(-n2cc(C(F)(F)F)cn2)nc1)c1cc(-c2nnc(C(C)(C)C#N)o2)c(F)cc1C(F)(F)CC(N)C=O. The Morgan fingerprint density at radius 2 is 1.88 bits per heavy atom. The highest BCUT2D eigenvalue weighted by atomic mass is 19.4. The molecule has 0 radical (unpaired) electrons. The Morgan fingerprint density at radius 3 is 2.47 bits per heavy atom. The number of benzene rings is 1. The van der Waals surface area contributed by atoms with Crippen molar-refractivity contribution in [1.82, 2.24) is 25.0 Å². The van der Waals surface area contributed by atoms with Crippen LogP contribution in [0.4, 0.5) is 32.0 Å². The molecule has 3 heterocycles. The third kappa shape index (κ3) is 6.67. The van der Waals surface area contributed by atoms with Crippen LogP contribution in [0, 0.1) is 17.1 Å². The van der Waals surface area contributed by atoms with Gasteiger partial charge in [-0.2, -0.15) is 23.5 Å². The zero-order chi connectivity index (χ0) is 31.7. The van der Waals surface area contributed by atoms with Crippen molar-refractivity contribution in [2.45, 2.75) is 50.4 Å². The zero-order valence-electron chi connectivity index (χ0n) is 22.9. The molecule has 0 amide bonds. The fourth-order valence-electron chi connectivity index (χ4n) is 4.02. The molecule has 0 aliphatic carbocycles. The molecule has 0 aliphatic heterocycles. The molecule has 1 atom stereocenters. The molecule has 10 nitrogen and oxygen atoms in total. The minimum absolute atomic E-state index is 0.0649. The average molecular weight is 607 g/mol. The lowest BCUT2D eigenvalue weighted by Crippen LogP contribution is -2.31. The lowest BCUT2D eigenvalue weighted by molar-refractivity contribution is -0.137. The van der Waals surface area contributed by atoms with E-state index in [-0.39, 0.29) is 41.7 Å². The maximum Gasteiger partial charge on any atom is 0.419 e. The Kier molecular flexibility index (Phi) is 8.32. The van der Waals surface area contributed by atoms with Crippen LogP contribution in [0.15, 0.2) is 47.3 Å². The van der Waals surface area contributed by atoms with Gasteiger partial charge in [-0.15, -0.1) is 10.2 Å². The second-order valence-corrected chi connectivity index (χ2v) is 10.3. The number of nitrogens with zero attached hydrogens (tertiary/aromatic N) is 7. The summed E-state index contributed by atoms with van der Waals surface area (Å²) in [7, 11) is 1.44. The van der Waals surface area contributed by atoms with Crippen molar-refractivity contribution in [2.24, 2.45) is 5.73 Å². The van der Waals surface area contributed by atoms with Crippen LogP contribution in [0.3, 0.4) is 0 Å². The number of alkyl halides is 5. The zero-order valence-corrected chi connectivity index (χ0v) is 22.9. The predicted molar refractivity (Wildman–Crippen MR) is 139 cm³/mol. The first-order valence-electron chi connectivity index (χ1n) is 12.5. The molecule has 2 N–H and O–H groups in total. The molecule has 0 saturated heterocycles. The summed E-state index contributed by atoms with van der Waals surface area (Å²) >= 11 is 0. The van der Waals surface area contributed by atoms with Gasteiger partial charge in [0.1, 0.15) is 17.5 Å². The van der Waals surface area contributed by atoms with Crippen LogP contribution in [-0.4, -0.2) is 44.3 Å². The monoisotopic (exact) mass is 606 g/mol. The fraction of sp³-hybridized carbons (Fsp3) is 0.333. The van der Waals surface area contributed by atoms with Gasteiger partial charge in [0.25, 0.3) is 11.8 Å². The molecule has 16 heteroatoms. The van der Waals surface area contributed by atoms with Gasteiger partial charge in [0.2, 0.25) is 5.89 Å². The molecule has 0 aliphatic rings. The number of aromatic nitrogens is 5. The lowest BCUT2D eigenvalue weighted by atomic mass is 9.96. The highest BCUT2D eigenvalue weighted by Crippen LogP contribution is 2.42. The number of aldehydes is 1. The smallest absolute Gasteiger partial charge is 0.419 e. The number of anilines is 1. The Labute approximate surface area is 240 Å². The number of carbonyl (C=O) groups excluding carboxylic acids is 1. The number of carbonyl (C=O) groups is 1. The van der Waals surface area contributed by atoms with Crippen LogP contribution in [0.2, 0.25) is 0 Å². The van der Waals surface area contributed by atoms with E-state index in [1.165, 1.54) is 44.1 Å². The molecule has 1 aromatic carbocycles. The molecule has 3 aromatic heterocycles. The van der Waals surface area contributed by atoms with E-state index in [1.807, 2.05) is 6.07 Å². The molecule has 0 spiro atoms. The van der Waals surface area contributed by atoms with Gasteiger partial charge < -0.3 is 19.8 Å². The average Bonchev–Trinajstić information content (AvgIpc) is 3.64. The van der Waals surface area contributed by atoms with Gasteiger partial charge >= 0.3 is 6.18 Å². The summed E-state index contributed by atoms with van der Waals surface area (Å²) in [5, 5.41) is 20.6. The van der Waals surface area contributed by atoms with E-state index in [0.29, 0.717) is 17.8 Å².